The normalized spacial score (nSPS) is 15.9. The van der Waals surface area contributed by atoms with Gasteiger partial charge in [-0.25, -0.2) is 4.98 Å². The number of nitrogens with one attached hydrogen (secondary N) is 1. The van der Waals surface area contributed by atoms with Crippen LogP contribution in [0.1, 0.15) is 61.9 Å². The Bertz CT molecular complexity index is 446. The van der Waals surface area contributed by atoms with E-state index in [1.54, 1.807) is 6.08 Å². The Labute approximate surface area is 114 Å². The Balaban J connectivity index is 2.15. The van der Waals surface area contributed by atoms with Gasteiger partial charge in [0.2, 0.25) is 5.82 Å². The number of hydrogen-bond donors (Lipinski definition) is 1. The van der Waals surface area contributed by atoms with Crippen molar-refractivity contribution in [3.63, 3.8) is 0 Å². The predicted molar refractivity (Wildman–Crippen MR) is 74.0 cm³/mol. The van der Waals surface area contributed by atoms with Gasteiger partial charge in [0.25, 0.3) is 5.91 Å². The highest BCUT2D eigenvalue weighted by molar-refractivity contribution is 5.90. The second-order valence-corrected chi connectivity index (χ2v) is 5.38. The van der Waals surface area contributed by atoms with Crippen LogP contribution in [-0.2, 0) is 0 Å². The van der Waals surface area contributed by atoms with Crippen molar-refractivity contribution in [2.24, 2.45) is 0 Å². The van der Waals surface area contributed by atoms with Crippen molar-refractivity contribution in [1.29, 1.82) is 0 Å². The highest BCUT2D eigenvalue weighted by Crippen LogP contribution is 2.24. The van der Waals surface area contributed by atoms with E-state index in [1.807, 2.05) is 18.7 Å². The van der Waals surface area contributed by atoms with Crippen molar-refractivity contribution in [2.75, 3.05) is 6.54 Å². The minimum absolute atomic E-state index is 0.0880. The molecular formula is C14H22N4O. The molecule has 1 aromatic heterocycles. The molecule has 0 bridgehead atoms. The Morgan fingerprint density at radius 3 is 2.74 bits per heavy atom. The molecule has 5 nitrogen and oxygen atoms in total. The highest BCUT2D eigenvalue weighted by atomic mass is 16.2. The molecule has 1 aliphatic carbocycles. The van der Waals surface area contributed by atoms with Crippen molar-refractivity contribution in [2.45, 2.75) is 51.5 Å². The standard InChI is InChI=1S/C14H22N4O/c1-4-9-18(11-7-5-6-8-11)14(19)13-15-12(10(2)3)16-17-13/h4,10-11H,1,5-9H2,2-3H3,(H,15,16,17). The molecule has 19 heavy (non-hydrogen) atoms. The van der Waals surface area contributed by atoms with E-state index in [2.05, 4.69) is 21.8 Å². The molecule has 2 rings (SSSR count). The molecule has 104 valence electrons. The molecule has 1 aliphatic rings. The van der Waals surface area contributed by atoms with Crippen LogP contribution in [0.4, 0.5) is 0 Å². The Hall–Kier alpha value is -1.65. The molecule has 0 unspecified atom stereocenters. The summed E-state index contributed by atoms with van der Waals surface area (Å²) in [5, 5.41) is 6.89. The van der Waals surface area contributed by atoms with E-state index in [9.17, 15) is 4.79 Å². The Morgan fingerprint density at radius 1 is 1.53 bits per heavy atom. The van der Waals surface area contributed by atoms with Crippen molar-refractivity contribution >= 4 is 5.91 Å². The summed E-state index contributed by atoms with van der Waals surface area (Å²) in [7, 11) is 0. The fourth-order valence-corrected chi connectivity index (χ4v) is 2.51. The van der Waals surface area contributed by atoms with Gasteiger partial charge in [0, 0.05) is 18.5 Å². The average Bonchev–Trinajstić information content (AvgIpc) is 3.05. The molecule has 1 fully saturated rings. The number of rotatable bonds is 5. The number of nitrogens with zero attached hydrogens (tertiary/aromatic N) is 3. The number of hydrogen-bond acceptors (Lipinski definition) is 3. The number of amides is 1. The van der Waals surface area contributed by atoms with Crippen LogP contribution < -0.4 is 0 Å². The summed E-state index contributed by atoms with van der Waals surface area (Å²) in [5.74, 6) is 1.19. The summed E-state index contributed by atoms with van der Waals surface area (Å²) in [4.78, 5) is 18.6. The Kier molecular flexibility index (Phi) is 4.35. The van der Waals surface area contributed by atoms with E-state index in [4.69, 9.17) is 0 Å². The highest BCUT2D eigenvalue weighted by Gasteiger charge is 2.28. The predicted octanol–water partition coefficient (Wildman–Crippen LogP) is 2.50. The molecule has 0 radical (unpaired) electrons. The van der Waals surface area contributed by atoms with E-state index >= 15 is 0 Å². The van der Waals surface area contributed by atoms with Crippen molar-refractivity contribution in [1.82, 2.24) is 20.1 Å². The van der Waals surface area contributed by atoms with E-state index in [0.29, 0.717) is 12.6 Å². The van der Waals surface area contributed by atoms with Gasteiger partial charge in [-0.15, -0.1) is 11.7 Å². The molecule has 0 aromatic carbocycles. The van der Waals surface area contributed by atoms with Gasteiger partial charge in [0.05, 0.1) is 0 Å². The van der Waals surface area contributed by atoms with E-state index in [0.717, 1.165) is 18.7 Å². The number of aromatic amines is 1. The lowest BCUT2D eigenvalue weighted by Gasteiger charge is -2.26. The van der Waals surface area contributed by atoms with Crippen LogP contribution in [0.5, 0.6) is 0 Å². The lowest BCUT2D eigenvalue weighted by molar-refractivity contribution is 0.0694. The lowest BCUT2D eigenvalue weighted by atomic mass is 10.2. The molecule has 0 aliphatic heterocycles. The monoisotopic (exact) mass is 262 g/mol. The van der Waals surface area contributed by atoms with Gasteiger partial charge < -0.3 is 4.90 Å². The largest absolute Gasteiger partial charge is 0.329 e. The van der Waals surface area contributed by atoms with Gasteiger partial charge in [-0.05, 0) is 12.8 Å². The second kappa shape index (κ2) is 5.99. The molecule has 5 heteroatoms. The smallest absolute Gasteiger partial charge is 0.294 e. The second-order valence-electron chi connectivity index (χ2n) is 5.38. The summed E-state index contributed by atoms with van der Waals surface area (Å²) in [6.45, 7) is 8.35. The average molecular weight is 262 g/mol. The third kappa shape index (κ3) is 3.03. The van der Waals surface area contributed by atoms with Crippen molar-refractivity contribution in [3.8, 4) is 0 Å². The van der Waals surface area contributed by atoms with Gasteiger partial charge >= 0.3 is 0 Å². The summed E-state index contributed by atoms with van der Waals surface area (Å²) in [6, 6.07) is 0.312. The lowest BCUT2D eigenvalue weighted by Crippen LogP contribution is -2.39. The van der Waals surface area contributed by atoms with Crippen LogP contribution in [0.2, 0.25) is 0 Å². The zero-order valence-electron chi connectivity index (χ0n) is 11.7. The zero-order chi connectivity index (χ0) is 13.8. The van der Waals surface area contributed by atoms with Crippen LogP contribution in [0.3, 0.4) is 0 Å². The first-order valence-corrected chi connectivity index (χ1v) is 6.97. The summed E-state index contributed by atoms with van der Waals surface area (Å²) in [6.07, 6.45) is 6.29. The van der Waals surface area contributed by atoms with Crippen LogP contribution in [0.15, 0.2) is 12.7 Å². The molecule has 0 spiro atoms. The molecule has 1 aromatic rings. The molecule has 0 saturated heterocycles. The Morgan fingerprint density at radius 2 is 2.21 bits per heavy atom. The zero-order valence-corrected chi connectivity index (χ0v) is 11.7. The summed E-state index contributed by atoms with van der Waals surface area (Å²) >= 11 is 0. The molecule has 1 N–H and O–H groups in total. The van der Waals surface area contributed by atoms with Crippen LogP contribution in [0, 0.1) is 0 Å². The van der Waals surface area contributed by atoms with Crippen LogP contribution in [-0.4, -0.2) is 38.6 Å². The number of carbonyl (C=O) groups excluding carboxylic acids is 1. The number of carbonyl (C=O) groups is 1. The first-order chi connectivity index (χ1) is 9.13. The first kappa shape index (κ1) is 13.8. The van der Waals surface area contributed by atoms with Gasteiger partial charge in [-0.1, -0.05) is 32.8 Å². The third-order valence-electron chi connectivity index (χ3n) is 3.59. The fourth-order valence-electron chi connectivity index (χ4n) is 2.51. The maximum Gasteiger partial charge on any atom is 0.294 e. The van der Waals surface area contributed by atoms with Gasteiger partial charge in [-0.2, -0.15) is 0 Å². The van der Waals surface area contributed by atoms with Gasteiger partial charge in [0.1, 0.15) is 5.82 Å². The van der Waals surface area contributed by atoms with Gasteiger partial charge in [-0.3, -0.25) is 9.89 Å². The van der Waals surface area contributed by atoms with Crippen LogP contribution in [0.25, 0.3) is 0 Å². The minimum atomic E-state index is -0.0880. The maximum atomic E-state index is 12.5. The SMILES string of the molecule is C=CCN(C(=O)c1n[nH]c(C(C)C)n1)C1CCCC1. The molecule has 1 amide bonds. The van der Waals surface area contributed by atoms with Crippen LogP contribution >= 0.6 is 0 Å². The minimum Gasteiger partial charge on any atom is -0.329 e. The molecule has 1 heterocycles. The quantitative estimate of drug-likeness (QED) is 0.829. The van der Waals surface area contributed by atoms with E-state index < -0.39 is 0 Å². The molecule has 0 atom stereocenters. The molecular weight excluding hydrogens is 240 g/mol. The summed E-state index contributed by atoms with van der Waals surface area (Å²) in [5.41, 5.74) is 0. The number of H-pyrrole nitrogens is 1. The van der Waals surface area contributed by atoms with E-state index in [-0.39, 0.29) is 17.6 Å². The first-order valence-electron chi connectivity index (χ1n) is 6.97. The van der Waals surface area contributed by atoms with Crippen molar-refractivity contribution in [3.05, 3.63) is 24.3 Å². The number of aromatic nitrogens is 3. The molecule has 1 saturated carbocycles. The maximum absolute atomic E-state index is 12.5. The third-order valence-corrected chi connectivity index (χ3v) is 3.59. The fraction of sp³-hybridized carbons (Fsp3) is 0.643. The summed E-state index contributed by atoms with van der Waals surface area (Å²) < 4.78 is 0. The van der Waals surface area contributed by atoms with Crippen molar-refractivity contribution < 1.29 is 4.79 Å². The van der Waals surface area contributed by atoms with Gasteiger partial charge in [0.15, 0.2) is 0 Å². The topological polar surface area (TPSA) is 61.9 Å². The van der Waals surface area contributed by atoms with E-state index in [1.165, 1.54) is 12.8 Å².